The van der Waals surface area contributed by atoms with Crippen LogP contribution in [0.4, 0.5) is 0 Å². The second kappa shape index (κ2) is 6.48. The normalized spacial score (nSPS) is 18.6. The summed E-state index contributed by atoms with van der Waals surface area (Å²) >= 11 is 0. The van der Waals surface area contributed by atoms with Gasteiger partial charge in [-0.05, 0) is 18.6 Å². The summed E-state index contributed by atoms with van der Waals surface area (Å²) in [5.74, 6) is 0.0562. The van der Waals surface area contributed by atoms with Crippen LogP contribution in [0.2, 0.25) is 0 Å². The molecule has 1 atom stereocenters. The van der Waals surface area contributed by atoms with Gasteiger partial charge in [0.1, 0.15) is 11.8 Å². The summed E-state index contributed by atoms with van der Waals surface area (Å²) in [6, 6.07) is 1.82. The Morgan fingerprint density at radius 2 is 2.40 bits per heavy atom. The molecule has 4 heteroatoms. The van der Waals surface area contributed by atoms with Crippen LogP contribution in [0.25, 0.3) is 0 Å². The van der Waals surface area contributed by atoms with Crippen molar-refractivity contribution in [1.82, 2.24) is 9.78 Å². The zero-order valence-corrected chi connectivity index (χ0v) is 12.0. The minimum Gasteiger partial charge on any atom is -0.365 e. The molecule has 1 aromatic rings. The predicted octanol–water partition coefficient (Wildman–Crippen LogP) is 3.24. The third kappa shape index (κ3) is 2.96. The number of rotatable bonds is 5. The number of carbonyl (C=O) groups excluding carboxylic acids is 1. The maximum Gasteiger partial charge on any atom is 0.182 e. The van der Waals surface area contributed by atoms with Crippen LogP contribution in [0.1, 0.15) is 42.6 Å². The fraction of sp³-hybridized carbons (Fsp3) is 0.375. The lowest BCUT2D eigenvalue weighted by Gasteiger charge is -2.24. The molecule has 106 valence electrons. The molecule has 0 spiro atoms. The van der Waals surface area contributed by atoms with Crippen LogP contribution in [0, 0.1) is 0 Å². The molecule has 0 amide bonds. The summed E-state index contributed by atoms with van der Waals surface area (Å²) in [6.07, 6.45) is 7.99. The van der Waals surface area contributed by atoms with Gasteiger partial charge in [-0.2, -0.15) is 5.10 Å². The Morgan fingerprint density at radius 3 is 3.10 bits per heavy atom. The Hall–Kier alpha value is -1.94. The first-order valence-corrected chi connectivity index (χ1v) is 6.88. The van der Waals surface area contributed by atoms with Gasteiger partial charge in [-0.25, -0.2) is 0 Å². The molecule has 0 bridgehead atoms. The minimum atomic E-state index is -0.226. The van der Waals surface area contributed by atoms with Gasteiger partial charge in [-0.3, -0.25) is 9.48 Å². The number of ether oxygens (including phenoxy) is 1. The number of aromatic nitrogens is 2. The molecule has 0 aliphatic carbocycles. The lowest BCUT2D eigenvalue weighted by molar-refractivity contribution is 0.0420. The van der Waals surface area contributed by atoms with Crippen LogP contribution in [-0.4, -0.2) is 22.2 Å². The highest BCUT2D eigenvalue weighted by Crippen LogP contribution is 2.29. The van der Waals surface area contributed by atoms with Crippen LogP contribution in [0.5, 0.6) is 0 Å². The Bertz CT molecular complexity index is 567. The van der Waals surface area contributed by atoms with E-state index in [1.54, 1.807) is 0 Å². The minimum absolute atomic E-state index is 0.0562. The van der Waals surface area contributed by atoms with Gasteiger partial charge in [0.25, 0.3) is 0 Å². The monoisotopic (exact) mass is 272 g/mol. The summed E-state index contributed by atoms with van der Waals surface area (Å²) < 4.78 is 7.63. The third-order valence-corrected chi connectivity index (χ3v) is 3.22. The number of hydrogen-bond acceptors (Lipinski definition) is 3. The fourth-order valence-corrected chi connectivity index (χ4v) is 2.16. The molecule has 0 fully saturated rings. The molecule has 1 aliphatic heterocycles. The van der Waals surface area contributed by atoms with Gasteiger partial charge in [0.2, 0.25) is 0 Å². The highest BCUT2D eigenvalue weighted by molar-refractivity contribution is 5.94. The van der Waals surface area contributed by atoms with Gasteiger partial charge in [0.05, 0.1) is 18.8 Å². The van der Waals surface area contributed by atoms with E-state index in [9.17, 15) is 4.79 Å². The van der Waals surface area contributed by atoms with Crippen LogP contribution >= 0.6 is 0 Å². The lowest BCUT2D eigenvalue weighted by atomic mass is 10.1. The van der Waals surface area contributed by atoms with Crippen LogP contribution in [0.15, 0.2) is 42.5 Å². The van der Waals surface area contributed by atoms with E-state index in [0.29, 0.717) is 25.3 Å². The van der Waals surface area contributed by atoms with E-state index in [1.165, 1.54) is 0 Å². The van der Waals surface area contributed by atoms with Gasteiger partial charge in [0.15, 0.2) is 5.78 Å². The number of ketones is 1. The van der Waals surface area contributed by atoms with Crippen molar-refractivity contribution in [1.29, 1.82) is 0 Å². The van der Waals surface area contributed by atoms with E-state index in [1.807, 2.05) is 48.9 Å². The quantitative estimate of drug-likeness (QED) is 0.610. The number of hydrogen-bond donors (Lipinski definition) is 0. The first kappa shape index (κ1) is 14.5. The van der Waals surface area contributed by atoms with E-state index >= 15 is 0 Å². The summed E-state index contributed by atoms with van der Waals surface area (Å²) in [4.78, 5) is 11.8. The largest absolute Gasteiger partial charge is 0.365 e. The lowest BCUT2D eigenvalue weighted by Crippen LogP contribution is -2.22. The summed E-state index contributed by atoms with van der Waals surface area (Å²) in [7, 11) is 0. The summed E-state index contributed by atoms with van der Waals surface area (Å²) in [5, 5.41) is 4.36. The number of nitrogens with zero attached hydrogens (tertiary/aromatic N) is 2. The number of allylic oxidation sites excluding steroid dienone is 3. The standard InChI is InChI=1S/C16H20N2O2/c1-4-6-7-8-12(3)16-14-11-13(15(19)5-2)17-18(14)9-10-20-16/h4,6-8,11,16H,3,5,9-10H2,1-2H3/b6-4-,8-7-/t16-/m0/s1. The second-order valence-corrected chi connectivity index (χ2v) is 4.66. The van der Waals surface area contributed by atoms with Gasteiger partial charge in [-0.15, -0.1) is 0 Å². The highest BCUT2D eigenvalue weighted by Gasteiger charge is 2.25. The molecule has 1 aliphatic rings. The van der Waals surface area contributed by atoms with Gasteiger partial charge in [-0.1, -0.05) is 37.8 Å². The zero-order valence-electron chi connectivity index (χ0n) is 12.0. The van der Waals surface area contributed by atoms with Crippen molar-refractivity contribution in [2.45, 2.75) is 32.9 Å². The SMILES string of the molecule is C=C(/C=C\C=C/C)[C@@H]1OCCn2nc(C(=O)CC)cc21. The maximum absolute atomic E-state index is 11.8. The molecule has 0 saturated carbocycles. The van der Waals surface area contributed by atoms with E-state index in [0.717, 1.165) is 11.3 Å². The van der Waals surface area contributed by atoms with Gasteiger partial charge in [0, 0.05) is 6.42 Å². The molecule has 20 heavy (non-hydrogen) atoms. The number of fused-ring (bicyclic) bond motifs is 1. The second-order valence-electron chi connectivity index (χ2n) is 4.66. The van der Waals surface area contributed by atoms with Crippen molar-refractivity contribution >= 4 is 5.78 Å². The van der Waals surface area contributed by atoms with E-state index in [4.69, 9.17) is 4.74 Å². The molecule has 1 aromatic heterocycles. The number of Topliss-reactive ketones (excluding diaryl/α,β-unsaturated/α-hetero) is 1. The molecule has 2 rings (SSSR count). The zero-order chi connectivity index (χ0) is 14.5. The smallest absolute Gasteiger partial charge is 0.182 e. The van der Waals surface area contributed by atoms with E-state index in [2.05, 4.69) is 11.7 Å². The highest BCUT2D eigenvalue weighted by atomic mass is 16.5. The molecule has 4 nitrogen and oxygen atoms in total. The molecule has 0 unspecified atom stereocenters. The predicted molar refractivity (Wildman–Crippen MR) is 78.6 cm³/mol. The summed E-state index contributed by atoms with van der Waals surface area (Å²) in [6.45, 7) is 9.11. The Labute approximate surface area is 119 Å². The van der Waals surface area contributed by atoms with Crippen LogP contribution in [-0.2, 0) is 11.3 Å². The van der Waals surface area contributed by atoms with Crippen molar-refractivity contribution in [2.24, 2.45) is 0 Å². The van der Waals surface area contributed by atoms with Crippen LogP contribution < -0.4 is 0 Å². The first-order chi connectivity index (χ1) is 9.67. The molecule has 2 heterocycles. The van der Waals surface area contributed by atoms with E-state index in [-0.39, 0.29) is 11.9 Å². The van der Waals surface area contributed by atoms with Gasteiger partial charge >= 0.3 is 0 Å². The van der Waals surface area contributed by atoms with Crippen molar-refractivity contribution < 1.29 is 9.53 Å². The molecular weight excluding hydrogens is 252 g/mol. The average molecular weight is 272 g/mol. The van der Waals surface area contributed by atoms with Crippen molar-refractivity contribution in [2.75, 3.05) is 6.61 Å². The van der Waals surface area contributed by atoms with Crippen molar-refractivity contribution in [3.63, 3.8) is 0 Å². The molecule has 0 saturated heterocycles. The molecular formula is C16H20N2O2. The topological polar surface area (TPSA) is 44.1 Å². The Kier molecular flexibility index (Phi) is 4.69. The first-order valence-electron chi connectivity index (χ1n) is 6.88. The van der Waals surface area contributed by atoms with Crippen LogP contribution in [0.3, 0.4) is 0 Å². The molecule has 0 aromatic carbocycles. The maximum atomic E-state index is 11.8. The van der Waals surface area contributed by atoms with Gasteiger partial charge < -0.3 is 4.74 Å². The fourth-order valence-electron chi connectivity index (χ4n) is 2.16. The summed E-state index contributed by atoms with van der Waals surface area (Å²) in [5.41, 5.74) is 2.28. The van der Waals surface area contributed by atoms with Crippen molar-refractivity contribution in [3.8, 4) is 0 Å². The molecule has 0 radical (unpaired) electrons. The van der Waals surface area contributed by atoms with E-state index < -0.39 is 0 Å². The average Bonchev–Trinajstić information content (AvgIpc) is 2.90. The molecule has 0 N–H and O–H groups in total. The number of carbonyl (C=O) groups is 1. The Morgan fingerprint density at radius 1 is 1.60 bits per heavy atom. The van der Waals surface area contributed by atoms with Crippen molar-refractivity contribution in [3.05, 3.63) is 53.9 Å². The third-order valence-electron chi connectivity index (χ3n) is 3.22. The Balaban J connectivity index is 2.25.